The summed E-state index contributed by atoms with van der Waals surface area (Å²) in [6.45, 7) is 3.48. The number of nitrogens with zero attached hydrogens (tertiary/aromatic N) is 1. The lowest BCUT2D eigenvalue weighted by molar-refractivity contribution is -0.137. The lowest BCUT2D eigenvalue weighted by atomic mass is 10.1. The highest BCUT2D eigenvalue weighted by Gasteiger charge is 2.39. The molecule has 0 radical (unpaired) electrons. The summed E-state index contributed by atoms with van der Waals surface area (Å²) < 4.78 is 76.6. The largest absolute Gasteiger partial charge is 0.490 e. The van der Waals surface area contributed by atoms with E-state index in [2.05, 4.69) is 15.9 Å². The first-order chi connectivity index (χ1) is 19.6. The third-order valence-corrected chi connectivity index (χ3v) is 7.91. The molecule has 1 saturated heterocycles. The summed E-state index contributed by atoms with van der Waals surface area (Å²) in [6.07, 6.45) is -3.76. The third kappa shape index (κ3) is 6.45. The summed E-state index contributed by atoms with van der Waals surface area (Å²) in [7, 11) is -4.29. The van der Waals surface area contributed by atoms with E-state index in [4.69, 9.17) is 20.5 Å². The van der Waals surface area contributed by atoms with Crippen LogP contribution in [0.5, 0.6) is 11.5 Å². The fourth-order valence-electron chi connectivity index (χ4n) is 3.78. The summed E-state index contributed by atoms with van der Waals surface area (Å²) in [5, 5.41) is 1.56. The van der Waals surface area contributed by atoms with Gasteiger partial charge in [-0.05, 0) is 83.9 Å². The predicted molar refractivity (Wildman–Crippen MR) is 150 cm³/mol. The summed E-state index contributed by atoms with van der Waals surface area (Å²) >= 11 is 9.24. The number of amides is 4. The number of halogens is 5. The van der Waals surface area contributed by atoms with Crippen molar-refractivity contribution in [3.05, 3.63) is 86.4 Å². The number of hydrogen-bond donors (Lipinski definition) is 1. The van der Waals surface area contributed by atoms with E-state index in [1.54, 1.807) is 26.0 Å². The van der Waals surface area contributed by atoms with Crippen LogP contribution in [-0.4, -0.2) is 32.9 Å². The molecule has 3 aromatic carbocycles. The lowest BCUT2D eigenvalue weighted by Gasteiger charge is -2.27. The Kier molecular flexibility index (Phi) is 8.71. The molecule has 9 nitrogen and oxygen atoms in total. The number of carbonyl (C=O) groups excluding carboxylic acids is 3. The number of barbiturate groups is 1. The molecule has 0 bridgehead atoms. The topological polar surface area (TPSA) is 119 Å². The van der Waals surface area contributed by atoms with Crippen LogP contribution in [0.3, 0.4) is 0 Å². The zero-order valence-electron chi connectivity index (χ0n) is 21.6. The van der Waals surface area contributed by atoms with E-state index in [1.165, 1.54) is 24.3 Å². The molecule has 0 unspecified atom stereocenters. The van der Waals surface area contributed by atoms with Gasteiger partial charge in [-0.1, -0.05) is 29.3 Å². The van der Waals surface area contributed by atoms with Gasteiger partial charge in [-0.2, -0.15) is 21.6 Å². The van der Waals surface area contributed by atoms with Gasteiger partial charge in [0, 0.05) is 0 Å². The molecule has 0 aromatic heterocycles. The Hall–Kier alpha value is -3.88. The number of aryl methyl sites for hydroxylation is 1. The standard InChI is InChI=1S/C27H19BrClF3N2O7S/c1-3-40-22-12-15(11-19(28)23(22)41-42(38,39)17-7-4-14(2)5-8-17)10-18-24(35)33-26(37)34(25(18)36)21-13-16(27(30,31)32)6-9-20(21)29/h4-13H,3H2,1-2H3,(H,33,35,37)/b18-10-. The van der Waals surface area contributed by atoms with Gasteiger partial charge in [0.2, 0.25) is 0 Å². The van der Waals surface area contributed by atoms with Gasteiger partial charge >= 0.3 is 22.3 Å². The SMILES string of the molecule is CCOc1cc(/C=C2/C(=O)NC(=O)N(c3cc(C(F)(F)F)ccc3Cl)C2=O)cc(Br)c1OS(=O)(=O)c1ccc(C)cc1. The van der Waals surface area contributed by atoms with Gasteiger partial charge in [0.05, 0.1) is 27.4 Å². The molecule has 1 aliphatic rings. The number of nitrogens with one attached hydrogen (secondary N) is 1. The third-order valence-electron chi connectivity index (χ3n) is 5.76. The van der Waals surface area contributed by atoms with Gasteiger partial charge in [0.1, 0.15) is 10.5 Å². The quantitative estimate of drug-likeness (QED) is 0.177. The Morgan fingerprint density at radius 2 is 1.71 bits per heavy atom. The molecule has 0 atom stereocenters. The molecule has 4 rings (SSSR count). The van der Waals surface area contributed by atoms with Crippen molar-refractivity contribution >= 4 is 67.3 Å². The lowest BCUT2D eigenvalue weighted by Crippen LogP contribution is -2.54. The first kappa shape index (κ1) is 31.1. The zero-order valence-corrected chi connectivity index (χ0v) is 24.7. The molecule has 220 valence electrons. The number of carbonyl (C=O) groups is 3. The second-order valence-electron chi connectivity index (χ2n) is 8.74. The van der Waals surface area contributed by atoms with Crippen LogP contribution in [0.25, 0.3) is 6.08 Å². The van der Waals surface area contributed by atoms with Crippen LogP contribution in [0.4, 0.5) is 23.7 Å². The minimum Gasteiger partial charge on any atom is -0.490 e. The van der Waals surface area contributed by atoms with Crippen LogP contribution in [0, 0.1) is 6.92 Å². The summed E-state index contributed by atoms with van der Waals surface area (Å²) in [6, 6.07) is 9.28. The van der Waals surface area contributed by atoms with Crippen molar-refractivity contribution in [1.29, 1.82) is 0 Å². The highest BCUT2D eigenvalue weighted by atomic mass is 79.9. The number of urea groups is 1. The second-order valence-corrected chi connectivity index (χ2v) is 11.5. The fourth-order valence-corrected chi connectivity index (χ4v) is 5.59. The van der Waals surface area contributed by atoms with E-state index in [9.17, 15) is 36.0 Å². The van der Waals surface area contributed by atoms with E-state index in [-0.39, 0.29) is 38.1 Å². The molecule has 42 heavy (non-hydrogen) atoms. The normalized spacial score (nSPS) is 15.2. The average molecular weight is 688 g/mol. The van der Waals surface area contributed by atoms with Crippen molar-refractivity contribution in [2.45, 2.75) is 24.9 Å². The molecule has 0 saturated carbocycles. The highest BCUT2D eigenvalue weighted by molar-refractivity contribution is 9.10. The highest BCUT2D eigenvalue weighted by Crippen LogP contribution is 2.40. The van der Waals surface area contributed by atoms with E-state index in [0.29, 0.717) is 17.0 Å². The van der Waals surface area contributed by atoms with Gasteiger partial charge < -0.3 is 8.92 Å². The molecule has 15 heteroatoms. The maximum absolute atomic E-state index is 13.3. The Labute approximate surface area is 251 Å². The minimum atomic E-state index is -4.80. The summed E-state index contributed by atoms with van der Waals surface area (Å²) in [4.78, 5) is 38.7. The van der Waals surface area contributed by atoms with Crippen molar-refractivity contribution in [2.24, 2.45) is 0 Å². The summed E-state index contributed by atoms with van der Waals surface area (Å²) in [5.74, 6) is -2.67. The molecular weight excluding hydrogens is 669 g/mol. The van der Waals surface area contributed by atoms with Crippen LogP contribution < -0.4 is 19.1 Å². The van der Waals surface area contributed by atoms with Gasteiger partial charge in [-0.3, -0.25) is 14.9 Å². The fraction of sp³-hybridized carbons (Fsp3) is 0.148. The maximum atomic E-state index is 13.3. The second kappa shape index (κ2) is 11.8. The number of benzene rings is 3. The Balaban J connectivity index is 1.75. The van der Waals surface area contributed by atoms with E-state index in [1.807, 2.05) is 5.32 Å². The number of imide groups is 2. The predicted octanol–water partition coefficient (Wildman–Crippen LogP) is 6.26. The number of alkyl halides is 3. The van der Waals surface area contributed by atoms with Crippen LogP contribution in [0.15, 0.2) is 69.5 Å². The van der Waals surface area contributed by atoms with Crippen molar-refractivity contribution in [3.63, 3.8) is 0 Å². The number of rotatable bonds is 7. The molecule has 0 aliphatic carbocycles. The molecule has 1 heterocycles. The number of hydrogen-bond acceptors (Lipinski definition) is 7. The van der Waals surface area contributed by atoms with Crippen molar-refractivity contribution in [3.8, 4) is 11.5 Å². The Morgan fingerprint density at radius 3 is 2.33 bits per heavy atom. The molecule has 1 N–H and O–H groups in total. The van der Waals surface area contributed by atoms with Crippen molar-refractivity contribution in [1.82, 2.24) is 5.32 Å². The molecule has 1 aliphatic heterocycles. The minimum absolute atomic E-state index is 0.0634. The number of ether oxygens (including phenoxy) is 1. The van der Waals surface area contributed by atoms with Crippen LogP contribution in [0.1, 0.15) is 23.6 Å². The van der Waals surface area contributed by atoms with E-state index < -0.39 is 51.0 Å². The van der Waals surface area contributed by atoms with Crippen molar-refractivity contribution < 1.29 is 44.9 Å². The van der Waals surface area contributed by atoms with Crippen LogP contribution in [0.2, 0.25) is 5.02 Å². The Morgan fingerprint density at radius 1 is 1.05 bits per heavy atom. The van der Waals surface area contributed by atoms with Gasteiger partial charge in [0.15, 0.2) is 11.5 Å². The molecule has 3 aromatic rings. The van der Waals surface area contributed by atoms with Gasteiger partial charge in [0.25, 0.3) is 11.8 Å². The zero-order chi connectivity index (χ0) is 31.0. The monoisotopic (exact) mass is 686 g/mol. The molecular formula is C27H19BrClF3N2O7S. The van der Waals surface area contributed by atoms with Crippen LogP contribution >= 0.6 is 27.5 Å². The molecule has 1 fully saturated rings. The van der Waals surface area contributed by atoms with Crippen molar-refractivity contribution in [2.75, 3.05) is 11.5 Å². The average Bonchev–Trinajstić information content (AvgIpc) is 2.89. The Bertz CT molecular complexity index is 1740. The van der Waals surface area contributed by atoms with Gasteiger partial charge in [-0.15, -0.1) is 0 Å². The van der Waals surface area contributed by atoms with Crippen LogP contribution in [-0.2, 0) is 25.9 Å². The van der Waals surface area contributed by atoms with Gasteiger partial charge in [-0.25, -0.2) is 9.69 Å². The molecule has 0 spiro atoms. The summed E-state index contributed by atoms with van der Waals surface area (Å²) in [5.41, 5.74) is -1.44. The maximum Gasteiger partial charge on any atom is 0.416 e. The first-order valence-corrected chi connectivity index (χ1v) is 14.5. The smallest absolute Gasteiger partial charge is 0.416 e. The van der Waals surface area contributed by atoms with E-state index in [0.717, 1.165) is 17.7 Å². The number of anilines is 1. The molecule has 4 amide bonds. The van der Waals surface area contributed by atoms with E-state index >= 15 is 0 Å². The first-order valence-electron chi connectivity index (χ1n) is 11.9.